The third-order valence-corrected chi connectivity index (χ3v) is 4.70. The van der Waals surface area contributed by atoms with Crippen LogP contribution < -0.4 is 4.72 Å². The highest BCUT2D eigenvalue weighted by Crippen LogP contribution is 2.31. The summed E-state index contributed by atoms with van der Waals surface area (Å²) in [6.07, 6.45) is 2.22. The summed E-state index contributed by atoms with van der Waals surface area (Å²) in [7, 11) is 2.12. The molecule has 3 heteroatoms. The van der Waals surface area contributed by atoms with Gasteiger partial charge in [0.15, 0.2) is 0 Å². The third kappa shape index (κ3) is 3.80. The minimum absolute atomic E-state index is 0.232. The van der Waals surface area contributed by atoms with Gasteiger partial charge in [0.25, 0.3) is 0 Å². The molecule has 2 aromatic carbocycles. The molecule has 0 radical (unpaired) electrons. The van der Waals surface area contributed by atoms with Gasteiger partial charge in [0.1, 0.15) is 0 Å². The van der Waals surface area contributed by atoms with E-state index in [1.54, 1.807) is 11.9 Å². The molecule has 1 heterocycles. The van der Waals surface area contributed by atoms with E-state index in [2.05, 4.69) is 91.8 Å². The van der Waals surface area contributed by atoms with Gasteiger partial charge in [-0.05, 0) is 38.0 Å². The maximum Gasteiger partial charge on any atom is 0.0487 e. The maximum absolute atomic E-state index is 3.47. The molecule has 0 aliphatic carbocycles. The molecule has 1 N–H and O–H groups in total. The van der Waals surface area contributed by atoms with Gasteiger partial charge < -0.3 is 4.57 Å². The molecule has 0 fully saturated rings. The molecule has 3 aromatic rings. The molecule has 0 saturated carbocycles. The SMILES string of the molecule is Cn1cc(-c2ccccc2)c2ccc(CNSC(C)(C)C)cc21. The molecule has 0 atom stereocenters. The van der Waals surface area contributed by atoms with Crippen LogP contribution in [-0.2, 0) is 13.6 Å². The highest BCUT2D eigenvalue weighted by molar-refractivity contribution is 7.98. The number of nitrogens with zero attached hydrogens (tertiary/aromatic N) is 1. The van der Waals surface area contributed by atoms with Gasteiger partial charge in [-0.3, -0.25) is 4.72 Å². The molecular formula is C20H24N2S. The van der Waals surface area contributed by atoms with Crippen molar-refractivity contribution in [2.24, 2.45) is 7.05 Å². The van der Waals surface area contributed by atoms with Crippen molar-refractivity contribution in [2.75, 3.05) is 0 Å². The van der Waals surface area contributed by atoms with E-state index in [4.69, 9.17) is 0 Å². The number of hydrogen-bond acceptors (Lipinski definition) is 2. The van der Waals surface area contributed by atoms with E-state index < -0.39 is 0 Å². The topological polar surface area (TPSA) is 17.0 Å². The van der Waals surface area contributed by atoms with Crippen LogP contribution in [0.3, 0.4) is 0 Å². The molecular weight excluding hydrogens is 300 g/mol. The van der Waals surface area contributed by atoms with Gasteiger partial charge in [0, 0.05) is 41.0 Å². The number of fused-ring (bicyclic) bond motifs is 1. The van der Waals surface area contributed by atoms with Crippen molar-refractivity contribution in [3.05, 3.63) is 60.3 Å². The molecule has 2 nitrogen and oxygen atoms in total. The van der Waals surface area contributed by atoms with Crippen LogP contribution in [0.15, 0.2) is 54.7 Å². The lowest BCUT2D eigenvalue weighted by molar-refractivity contribution is 0.787. The first-order valence-corrected chi connectivity index (χ1v) is 8.80. The molecule has 0 aliphatic rings. The zero-order valence-corrected chi connectivity index (χ0v) is 15.1. The Morgan fingerprint density at radius 2 is 1.78 bits per heavy atom. The van der Waals surface area contributed by atoms with Crippen molar-refractivity contribution in [1.82, 2.24) is 9.29 Å². The van der Waals surface area contributed by atoms with Crippen LogP contribution in [0.5, 0.6) is 0 Å². The average molecular weight is 324 g/mol. The summed E-state index contributed by atoms with van der Waals surface area (Å²) in [5.74, 6) is 0. The summed E-state index contributed by atoms with van der Waals surface area (Å²) >= 11 is 1.78. The quantitative estimate of drug-likeness (QED) is 0.649. The molecule has 0 spiro atoms. The molecule has 0 saturated heterocycles. The van der Waals surface area contributed by atoms with E-state index in [1.807, 2.05) is 0 Å². The van der Waals surface area contributed by atoms with Crippen molar-refractivity contribution in [3.63, 3.8) is 0 Å². The van der Waals surface area contributed by atoms with Crippen molar-refractivity contribution in [1.29, 1.82) is 0 Å². The molecule has 23 heavy (non-hydrogen) atoms. The van der Waals surface area contributed by atoms with E-state index in [9.17, 15) is 0 Å². The lowest BCUT2D eigenvalue weighted by atomic mass is 10.0. The van der Waals surface area contributed by atoms with E-state index in [-0.39, 0.29) is 4.75 Å². The largest absolute Gasteiger partial charge is 0.350 e. The highest BCUT2D eigenvalue weighted by Gasteiger charge is 2.11. The second-order valence-corrected chi connectivity index (χ2v) is 8.62. The van der Waals surface area contributed by atoms with Crippen LogP contribution >= 0.6 is 11.9 Å². The molecule has 0 unspecified atom stereocenters. The first-order chi connectivity index (χ1) is 10.9. The summed E-state index contributed by atoms with van der Waals surface area (Å²) in [5, 5.41) is 1.31. The van der Waals surface area contributed by atoms with Gasteiger partial charge in [-0.25, -0.2) is 0 Å². The lowest BCUT2D eigenvalue weighted by Gasteiger charge is -2.17. The van der Waals surface area contributed by atoms with Crippen molar-refractivity contribution in [2.45, 2.75) is 32.1 Å². The second kappa shape index (κ2) is 6.42. The fraction of sp³-hybridized carbons (Fsp3) is 0.300. The van der Waals surface area contributed by atoms with E-state index >= 15 is 0 Å². The Balaban J connectivity index is 1.88. The standard InChI is InChI=1S/C20H24N2S/c1-20(2,3)23-21-13-15-10-11-17-18(14-22(4)19(17)12-15)16-8-6-5-7-9-16/h5-12,14,21H,13H2,1-4H3. The Bertz CT molecular complexity index is 798. The van der Waals surface area contributed by atoms with E-state index in [1.165, 1.54) is 27.6 Å². The molecule has 0 amide bonds. The van der Waals surface area contributed by atoms with Crippen LogP contribution in [-0.4, -0.2) is 9.31 Å². The van der Waals surface area contributed by atoms with Crippen molar-refractivity contribution < 1.29 is 0 Å². The Hall–Kier alpha value is -1.71. The first kappa shape index (κ1) is 16.2. The van der Waals surface area contributed by atoms with Crippen LogP contribution in [0.1, 0.15) is 26.3 Å². The zero-order valence-electron chi connectivity index (χ0n) is 14.3. The normalized spacial score (nSPS) is 12.0. The van der Waals surface area contributed by atoms with Crippen molar-refractivity contribution in [3.8, 4) is 11.1 Å². The van der Waals surface area contributed by atoms with Gasteiger partial charge in [-0.1, -0.05) is 54.4 Å². The van der Waals surface area contributed by atoms with Crippen LogP contribution in [0.25, 0.3) is 22.0 Å². The maximum atomic E-state index is 3.47. The smallest absolute Gasteiger partial charge is 0.0487 e. The predicted octanol–water partition coefficient (Wildman–Crippen LogP) is 5.38. The molecule has 0 aliphatic heterocycles. The van der Waals surface area contributed by atoms with Crippen LogP contribution in [0.4, 0.5) is 0 Å². The molecule has 3 rings (SSSR count). The molecule has 1 aromatic heterocycles. The number of aromatic nitrogens is 1. The highest BCUT2D eigenvalue weighted by atomic mass is 32.2. The number of nitrogens with one attached hydrogen (secondary N) is 1. The average Bonchev–Trinajstić information content (AvgIpc) is 2.84. The Morgan fingerprint density at radius 3 is 2.48 bits per heavy atom. The molecule has 120 valence electrons. The minimum Gasteiger partial charge on any atom is -0.350 e. The monoisotopic (exact) mass is 324 g/mol. The second-order valence-electron chi connectivity index (χ2n) is 6.91. The summed E-state index contributed by atoms with van der Waals surface area (Å²) < 4.78 is 5.92. The Morgan fingerprint density at radius 1 is 1.04 bits per heavy atom. The van der Waals surface area contributed by atoms with Gasteiger partial charge in [0.05, 0.1) is 0 Å². The number of hydrogen-bond donors (Lipinski definition) is 1. The Kier molecular flexibility index (Phi) is 4.51. The number of aryl methyl sites for hydroxylation is 1. The summed E-state index contributed by atoms with van der Waals surface area (Å²) in [6, 6.07) is 17.4. The van der Waals surface area contributed by atoms with Crippen molar-refractivity contribution >= 4 is 22.9 Å². The Labute approximate surface area is 143 Å². The third-order valence-electron chi connectivity index (χ3n) is 3.79. The summed E-state index contributed by atoms with van der Waals surface area (Å²) in [4.78, 5) is 0. The summed E-state index contributed by atoms with van der Waals surface area (Å²) in [6.45, 7) is 7.54. The minimum atomic E-state index is 0.232. The predicted molar refractivity (Wildman–Crippen MR) is 103 cm³/mol. The lowest BCUT2D eigenvalue weighted by Crippen LogP contribution is -2.16. The summed E-state index contributed by atoms with van der Waals surface area (Å²) in [5.41, 5.74) is 5.16. The van der Waals surface area contributed by atoms with Gasteiger partial charge in [0.2, 0.25) is 0 Å². The molecule has 0 bridgehead atoms. The zero-order chi connectivity index (χ0) is 16.4. The van der Waals surface area contributed by atoms with Gasteiger partial charge in [-0.2, -0.15) is 0 Å². The van der Waals surface area contributed by atoms with E-state index in [0.29, 0.717) is 0 Å². The van der Waals surface area contributed by atoms with Crippen LogP contribution in [0.2, 0.25) is 0 Å². The fourth-order valence-electron chi connectivity index (χ4n) is 2.72. The fourth-order valence-corrected chi connectivity index (χ4v) is 3.40. The van der Waals surface area contributed by atoms with Gasteiger partial charge in [-0.15, -0.1) is 0 Å². The van der Waals surface area contributed by atoms with E-state index in [0.717, 1.165) is 6.54 Å². The van der Waals surface area contributed by atoms with Crippen LogP contribution in [0, 0.1) is 0 Å². The number of rotatable bonds is 4. The van der Waals surface area contributed by atoms with Gasteiger partial charge >= 0.3 is 0 Å². The first-order valence-electron chi connectivity index (χ1n) is 7.98. The number of benzene rings is 2.